The molecule has 0 spiro atoms. The lowest BCUT2D eigenvalue weighted by Crippen LogP contribution is -2.11. The van der Waals surface area contributed by atoms with Crippen molar-refractivity contribution in [1.82, 2.24) is 0 Å². The van der Waals surface area contributed by atoms with Crippen LogP contribution < -0.4 is 5.73 Å². The summed E-state index contributed by atoms with van der Waals surface area (Å²) < 4.78 is 0. The first kappa shape index (κ1) is 15.4. The maximum absolute atomic E-state index is 10.4. The van der Waals surface area contributed by atoms with Gasteiger partial charge in [0.05, 0.1) is 5.92 Å². The number of carboxylic acids is 1. The number of amides is 1. The van der Waals surface area contributed by atoms with Crippen molar-refractivity contribution in [2.45, 2.75) is 46.5 Å². The van der Waals surface area contributed by atoms with E-state index >= 15 is 0 Å². The zero-order valence-corrected chi connectivity index (χ0v) is 9.25. The third kappa shape index (κ3) is 13.5. The summed E-state index contributed by atoms with van der Waals surface area (Å²) in [5.41, 5.74) is 4.47. The molecule has 0 aromatic carbocycles. The Bertz CT molecular complexity index is 165. The SMILES string of the molecule is CC(N)=O.CCCCC(CC)C(=O)O. The molecule has 0 rings (SSSR count). The Kier molecular flexibility index (Phi) is 11.0. The summed E-state index contributed by atoms with van der Waals surface area (Å²) >= 11 is 0. The average molecular weight is 203 g/mol. The van der Waals surface area contributed by atoms with Crippen LogP contribution >= 0.6 is 0 Å². The van der Waals surface area contributed by atoms with Crippen molar-refractivity contribution in [2.24, 2.45) is 11.7 Å². The summed E-state index contributed by atoms with van der Waals surface area (Å²) in [4.78, 5) is 19.7. The van der Waals surface area contributed by atoms with E-state index in [1.54, 1.807) is 0 Å². The molecule has 4 nitrogen and oxygen atoms in total. The molecular formula is C10H21NO3. The van der Waals surface area contributed by atoms with Crippen LogP contribution in [0.4, 0.5) is 0 Å². The van der Waals surface area contributed by atoms with Gasteiger partial charge in [-0.15, -0.1) is 0 Å². The van der Waals surface area contributed by atoms with Crippen LogP contribution in [0.2, 0.25) is 0 Å². The van der Waals surface area contributed by atoms with Gasteiger partial charge < -0.3 is 10.8 Å². The third-order valence-corrected chi connectivity index (χ3v) is 1.75. The normalized spacial score (nSPS) is 11.1. The molecule has 0 aliphatic rings. The fraction of sp³-hybridized carbons (Fsp3) is 0.800. The smallest absolute Gasteiger partial charge is 0.306 e. The second kappa shape index (κ2) is 10.0. The lowest BCUT2D eigenvalue weighted by molar-refractivity contribution is -0.142. The van der Waals surface area contributed by atoms with Gasteiger partial charge in [0.15, 0.2) is 0 Å². The quantitative estimate of drug-likeness (QED) is 0.714. The van der Waals surface area contributed by atoms with Gasteiger partial charge in [-0.25, -0.2) is 0 Å². The molecule has 1 unspecified atom stereocenters. The van der Waals surface area contributed by atoms with E-state index in [0.717, 1.165) is 25.7 Å². The van der Waals surface area contributed by atoms with Gasteiger partial charge in [0, 0.05) is 6.92 Å². The summed E-state index contributed by atoms with van der Waals surface area (Å²) in [6.07, 6.45) is 3.71. The first-order valence-electron chi connectivity index (χ1n) is 4.94. The summed E-state index contributed by atoms with van der Waals surface area (Å²) in [7, 11) is 0. The van der Waals surface area contributed by atoms with Gasteiger partial charge in [0.25, 0.3) is 0 Å². The molecule has 1 atom stereocenters. The Hall–Kier alpha value is -1.06. The van der Waals surface area contributed by atoms with Crippen LogP contribution in [0.5, 0.6) is 0 Å². The van der Waals surface area contributed by atoms with Gasteiger partial charge >= 0.3 is 5.97 Å². The van der Waals surface area contributed by atoms with E-state index < -0.39 is 5.97 Å². The Morgan fingerprint density at radius 1 is 1.36 bits per heavy atom. The molecule has 0 aromatic heterocycles. The second-order valence-electron chi connectivity index (χ2n) is 3.20. The lowest BCUT2D eigenvalue weighted by atomic mass is 10.00. The molecule has 0 radical (unpaired) electrons. The molecule has 84 valence electrons. The van der Waals surface area contributed by atoms with Crippen LogP contribution in [-0.2, 0) is 9.59 Å². The van der Waals surface area contributed by atoms with E-state index in [2.05, 4.69) is 12.7 Å². The van der Waals surface area contributed by atoms with Gasteiger partial charge in [0.1, 0.15) is 0 Å². The third-order valence-electron chi connectivity index (χ3n) is 1.75. The van der Waals surface area contributed by atoms with Crippen molar-refractivity contribution < 1.29 is 14.7 Å². The minimum Gasteiger partial charge on any atom is -0.481 e. The topological polar surface area (TPSA) is 80.4 Å². The molecule has 0 aliphatic carbocycles. The summed E-state index contributed by atoms with van der Waals surface area (Å²) in [5, 5.41) is 8.60. The molecule has 4 heteroatoms. The fourth-order valence-corrected chi connectivity index (χ4v) is 0.953. The van der Waals surface area contributed by atoms with E-state index in [4.69, 9.17) is 5.11 Å². The van der Waals surface area contributed by atoms with Crippen LogP contribution in [0.3, 0.4) is 0 Å². The second-order valence-corrected chi connectivity index (χ2v) is 3.20. The number of hydrogen-bond donors (Lipinski definition) is 2. The number of carboxylic acid groups (broad SMARTS) is 1. The highest BCUT2D eigenvalue weighted by Crippen LogP contribution is 2.11. The maximum atomic E-state index is 10.4. The molecule has 0 fully saturated rings. The molecule has 0 aromatic rings. The minimum absolute atomic E-state index is 0.111. The summed E-state index contributed by atoms with van der Waals surface area (Å²) in [5.74, 6) is -1.09. The molecule has 1 amide bonds. The number of unbranched alkanes of at least 4 members (excludes halogenated alkanes) is 1. The van der Waals surface area contributed by atoms with Gasteiger partial charge in [-0.1, -0.05) is 26.7 Å². The minimum atomic E-state index is -0.643. The Morgan fingerprint density at radius 2 is 1.79 bits per heavy atom. The predicted octanol–water partition coefficient (Wildman–Crippen LogP) is 1.78. The van der Waals surface area contributed by atoms with E-state index in [9.17, 15) is 9.59 Å². The maximum Gasteiger partial charge on any atom is 0.306 e. The van der Waals surface area contributed by atoms with Crippen molar-refractivity contribution in [3.63, 3.8) is 0 Å². The first-order chi connectivity index (χ1) is 6.45. The number of aliphatic carboxylic acids is 1. The molecule has 0 aliphatic heterocycles. The largest absolute Gasteiger partial charge is 0.481 e. The Balaban J connectivity index is 0. The number of hydrogen-bond acceptors (Lipinski definition) is 2. The van der Waals surface area contributed by atoms with Gasteiger partial charge in [-0.2, -0.15) is 0 Å². The number of nitrogens with two attached hydrogens (primary N) is 1. The Morgan fingerprint density at radius 3 is 2.00 bits per heavy atom. The molecule has 0 bridgehead atoms. The number of carbonyl (C=O) groups is 2. The van der Waals surface area contributed by atoms with E-state index in [1.165, 1.54) is 6.92 Å². The van der Waals surface area contributed by atoms with Crippen molar-refractivity contribution in [3.8, 4) is 0 Å². The highest BCUT2D eigenvalue weighted by molar-refractivity contribution is 5.70. The highest BCUT2D eigenvalue weighted by atomic mass is 16.4. The van der Waals surface area contributed by atoms with Crippen molar-refractivity contribution in [3.05, 3.63) is 0 Å². The van der Waals surface area contributed by atoms with Gasteiger partial charge in [-0.05, 0) is 12.8 Å². The Labute approximate surface area is 85.5 Å². The molecule has 14 heavy (non-hydrogen) atoms. The number of rotatable bonds is 5. The molecular weight excluding hydrogens is 182 g/mol. The molecule has 0 saturated carbocycles. The zero-order valence-electron chi connectivity index (χ0n) is 9.25. The first-order valence-corrected chi connectivity index (χ1v) is 4.94. The summed E-state index contributed by atoms with van der Waals surface area (Å²) in [6.45, 7) is 5.31. The van der Waals surface area contributed by atoms with Gasteiger partial charge in [-0.3, -0.25) is 9.59 Å². The number of carbonyl (C=O) groups excluding carboxylic acids is 1. The predicted molar refractivity (Wildman–Crippen MR) is 55.8 cm³/mol. The molecule has 3 N–H and O–H groups in total. The van der Waals surface area contributed by atoms with Crippen LogP contribution in [0.15, 0.2) is 0 Å². The van der Waals surface area contributed by atoms with Crippen LogP contribution in [0, 0.1) is 5.92 Å². The average Bonchev–Trinajstić information content (AvgIpc) is 2.04. The lowest BCUT2D eigenvalue weighted by Gasteiger charge is -2.06. The van der Waals surface area contributed by atoms with Crippen molar-refractivity contribution in [2.75, 3.05) is 0 Å². The van der Waals surface area contributed by atoms with Crippen LogP contribution in [0.25, 0.3) is 0 Å². The fourth-order valence-electron chi connectivity index (χ4n) is 0.953. The number of primary amides is 1. The van der Waals surface area contributed by atoms with E-state index in [-0.39, 0.29) is 11.8 Å². The molecule has 0 saturated heterocycles. The monoisotopic (exact) mass is 203 g/mol. The van der Waals surface area contributed by atoms with Gasteiger partial charge in [0.2, 0.25) is 5.91 Å². The standard InChI is InChI=1S/C8H16O2.C2H5NO/c1-3-5-6-7(4-2)8(9)10;1-2(3)4/h7H,3-6H2,1-2H3,(H,9,10);1H3,(H2,3,4). The van der Waals surface area contributed by atoms with E-state index in [1.807, 2.05) is 6.92 Å². The van der Waals surface area contributed by atoms with Crippen LogP contribution in [0.1, 0.15) is 46.5 Å². The van der Waals surface area contributed by atoms with Crippen molar-refractivity contribution >= 4 is 11.9 Å². The van der Waals surface area contributed by atoms with Crippen molar-refractivity contribution in [1.29, 1.82) is 0 Å². The molecule has 0 heterocycles. The van der Waals surface area contributed by atoms with Crippen LogP contribution in [-0.4, -0.2) is 17.0 Å². The zero-order chi connectivity index (χ0) is 11.6. The highest BCUT2D eigenvalue weighted by Gasteiger charge is 2.12. The summed E-state index contributed by atoms with van der Waals surface area (Å²) in [6, 6.07) is 0. The van der Waals surface area contributed by atoms with E-state index in [0.29, 0.717) is 0 Å².